The van der Waals surface area contributed by atoms with Gasteiger partial charge in [-0.15, -0.1) is 13.2 Å². The van der Waals surface area contributed by atoms with Crippen LogP contribution < -0.4 is 5.32 Å². The SMILES string of the molecule is C=C.CNC(C)Cc1ccc(-c2ccccc2)cc1. The van der Waals surface area contributed by atoms with Crippen LogP contribution in [-0.2, 0) is 6.42 Å². The van der Waals surface area contributed by atoms with Gasteiger partial charge in [0.1, 0.15) is 0 Å². The van der Waals surface area contributed by atoms with Gasteiger partial charge in [0.05, 0.1) is 0 Å². The minimum Gasteiger partial charge on any atom is -0.317 e. The van der Waals surface area contributed by atoms with E-state index in [0.29, 0.717) is 6.04 Å². The molecule has 1 N–H and O–H groups in total. The van der Waals surface area contributed by atoms with Crippen molar-refractivity contribution in [2.24, 2.45) is 0 Å². The molecule has 2 aromatic carbocycles. The van der Waals surface area contributed by atoms with Crippen LogP contribution in [0.1, 0.15) is 12.5 Å². The fourth-order valence-electron chi connectivity index (χ4n) is 1.92. The third kappa shape index (κ3) is 4.72. The maximum atomic E-state index is 3.26. The Morgan fingerprint density at radius 3 is 1.95 bits per heavy atom. The second kappa shape index (κ2) is 8.28. The maximum absolute atomic E-state index is 3.26. The fourth-order valence-corrected chi connectivity index (χ4v) is 1.92. The smallest absolute Gasteiger partial charge is 0.00761 e. The van der Waals surface area contributed by atoms with Gasteiger partial charge in [-0.2, -0.15) is 0 Å². The van der Waals surface area contributed by atoms with Crippen LogP contribution in [-0.4, -0.2) is 13.1 Å². The lowest BCUT2D eigenvalue weighted by Crippen LogP contribution is -2.23. The Kier molecular flexibility index (Phi) is 6.62. The van der Waals surface area contributed by atoms with Crippen molar-refractivity contribution in [2.45, 2.75) is 19.4 Å². The molecule has 0 amide bonds. The van der Waals surface area contributed by atoms with Gasteiger partial charge in [-0.05, 0) is 37.1 Å². The highest BCUT2D eigenvalue weighted by atomic mass is 14.8. The molecule has 0 heterocycles. The Balaban J connectivity index is 0.000000861. The van der Waals surface area contributed by atoms with E-state index in [4.69, 9.17) is 0 Å². The molecule has 2 rings (SSSR count). The highest BCUT2D eigenvalue weighted by Crippen LogP contribution is 2.19. The molecule has 0 spiro atoms. The summed E-state index contributed by atoms with van der Waals surface area (Å²) in [5, 5.41) is 3.26. The Morgan fingerprint density at radius 1 is 0.895 bits per heavy atom. The molecule has 1 nitrogen and oxygen atoms in total. The molecule has 1 heteroatoms. The Hall–Kier alpha value is -1.86. The topological polar surface area (TPSA) is 12.0 Å². The quantitative estimate of drug-likeness (QED) is 0.801. The summed E-state index contributed by atoms with van der Waals surface area (Å²) in [4.78, 5) is 0. The molecule has 0 saturated heterocycles. The van der Waals surface area contributed by atoms with E-state index in [9.17, 15) is 0 Å². The van der Waals surface area contributed by atoms with Crippen LogP contribution >= 0.6 is 0 Å². The normalized spacial score (nSPS) is 11.3. The van der Waals surface area contributed by atoms with Crippen molar-refractivity contribution in [3.63, 3.8) is 0 Å². The van der Waals surface area contributed by atoms with Gasteiger partial charge in [0.15, 0.2) is 0 Å². The summed E-state index contributed by atoms with van der Waals surface area (Å²) in [7, 11) is 2.00. The minimum atomic E-state index is 0.526. The van der Waals surface area contributed by atoms with E-state index in [1.54, 1.807) is 0 Å². The molecular formula is C18H23N. The predicted octanol–water partition coefficient (Wildman–Crippen LogP) is 4.31. The van der Waals surface area contributed by atoms with Gasteiger partial charge >= 0.3 is 0 Å². The van der Waals surface area contributed by atoms with E-state index in [2.05, 4.69) is 73.9 Å². The molecule has 0 radical (unpaired) electrons. The second-order valence-electron chi connectivity index (χ2n) is 4.46. The molecule has 0 aliphatic rings. The first kappa shape index (κ1) is 15.2. The zero-order chi connectivity index (χ0) is 14.1. The van der Waals surface area contributed by atoms with Gasteiger partial charge in [0, 0.05) is 6.04 Å². The molecule has 0 aliphatic heterocycles. The zero-order valence-electron chi connectivity index (χ0n) is 11.9. The fraction of sp³-hybridized carbons (Fsp3) is 0.222. The maximum Gasteiger partial charge on any atom is 0.00761 e. The Bertz CT molecular complexity index is 459. The first-order chi connectivity index (χ1) is 9.29. The molecule has 0 saturated carbocycles. The van der Waals surface area contributed by atoms with Gasteiger partial charge in [-0.25, -0.2) is 0 Å². The van der Waals surface area contributed by atoms with Gasteiger partial charge in [-0.1, -0.05) is 54.6 Å². The number of hydrogen-bond donors (Lipinski definition) is 1. The first-order valence-corrected chi connectivity index (χ1v) is 6.61. The molecule has 100 valence electrons. The van der Waals surface area contributed by atoms with Crippen molar-refractivity contribution in [2.75, 3.05) is 7.05 Å². The van der Waals surface area contributed by atoms with Gasteiger partial charge < -0.3 is 5.32 Å². The summed E-state index contributed by atoms with van der Waals surface area (Å²) in [6.07, 6.45) is 1.07. The molecule has 0 aromatic heterocycles. The monoisotopic (exact) mass is 253 g/mol. The van der Waals surface area contributed by atoms with Crippen LogP contribution in [0.25, 0.3) is 11.1 Å². The summed E-state index contributed by atoms with van der Waals surface area (Å²) in [5.41, 5.74) is 3.94. The van der Waals surface area contributed by atoms with Gasteiger partial charge in [0.2, 0.25) is 0 Å². The van der Waals surface area contributed by atoms with Crippen LogP contribution in [0.5, 0.6) is 0 Å². The van der Waals surface area contributed by atoms with Gasteiger partial charge in [0.25, 0.3) is 0 Å². The average Bonchev–Trinajstić information content (AvgIpc) is 2.51. The highest BCUT2D eigenvalue weighted by Gasteiger charge is 2.01. The Morgan fingerprint density at radius 2 is 1.42 bits per heavy atom. The van der Waals surface area contributed by atoms with E-state index >= 15 is 0 Å². The second-order valence-corrected chi connectivity index (χ2v) is 4.46. The van der Waals surface area contributed by atoms with E-state index in [1.807, 2.05) is 13.1 Å². The third-order valence-electron chi connectivity index (χ3n) is 3.10. The molecule has 2 aromatic rings. The first-order valence-electron chi connectivity index (χ1n) is 6.61. The number of nitrogens with one attached hydrogen (secondary N) is 1. The summed E-state index contributed by atoms with van der Waals surface area (Å²) in [6, 6.07) is 19.9. The van der Waals surface area contributed by atoms with Crippen LogP contribution in [0.2, 0.25) is 0 Å². The average molecular weight is 253 g/mol. The summed E-state index contributed by atoms with van der Waals surface area (Å²) >= 11 is 0. The van der Waals surface area contributed by atoms with Crippen LogP contribution in [0, 0.1) is 0 Å². The number of likely N-dealkylation sites (N-methyl/N-ethyl adjacent to an activating group) is 1. The number of rotatable bonds is 4. The van der Waals surface area contributed by atoms with E-state index in [-0.39, 0.29) is 0 Å². The summed E-state index contributed by atoms with van der Waals surface area (Å²) in [5.74, 6) is 0. The summed E-state index contributed by atoms with van der Waals surface area (Å²) in [6.45, 7) is 8.20. The molecule has 19 heavy (non-hydrogen) atoms. The Labute approximate surface area is 117 Å². The van der Waals surface area contributed by atoms with Crippen molar-refractivity contribution in [1.29, 1.82) is 0 Å². The lowest BCUT2D eigenvalue weighted by atomic mass is 10.0. The van der Waals surface area contributed by atoms with Crippen LogP contribution in [0.15, 0.2) is 67.8 Å². The van der Waals surface area contributed by atoms with Gasteiger partial charge in [-0.3, -0.25) is 0 Å². The largest absolute Gasteiger partial charge is 0.317 e. The predicted molar refractivity (Wildman–Crippen MR) is 85.4 cm³/mol. The lowest BCUT2D eigenvalue weighted by molar-refractivity contribution is 0.608. The van der Waals surface area contributed by atoms with Crippen molar-refractivity contribution >= 4 is 0 Å². The van der Waals surface area contributed by atoms with Crippen LogP contribution in [0.4, 0.5) is 0 Å². The van der Waals surface area contributed by atoms with Crippen molar-refractivity contribution in [1.82, 2.24) is 5.32 Å². The molecule has 0 fully saturated rings. The summed E-state index contributed by atoms with van der Waals surface area (Å²) < 4.78 is 0. The van der Waals surface area contributed by atoms with Crippen LogP contribution in [0.3, 0.4) is 0 Å². The zero-order valence-corrected chi connectivity index (χ0v) is 11.9. The molecule has 0 aliphatic carbocycles. The number of benzene rings is 2. The number of hydrogen-bond acceptors (Lipinski definition) is 1. The standard InChI is InChI=1S/C16H19N.C2H4/c1-13(17-2)12-14-8-10-16(11-9-14)15-6-4-3-5-7-15;1-2/h3-11,13,17H,12H2,1-2H3;1-2H2. The molecule has 0 bridgehead atoms. The molecular weight excluding hydrogens is 230 g/mol. The van der Waals surface area contributed by atoms with Crippen molar-refractivity contribution in [3.8, 4) is 11.1 Å². The molecule has 1 unspecified atom stereocenters. The van der Waals surface area contributed by atoms with Crippen molar-refractivity contribution in [3.05, 3.63) is 73.3 Å². The van der Waals surface area contributed by atoms with E-state index in [0.717, 1.165) is 6.42 Å². The van der Waals surface area contributed by atoms with E-state index < -0.39 is 0 Å². The third-order valence-corrected chi connectivity index (χ3v) is 3.10. The minimum absolute atomic E-state index is 0.526. The highest BCUT2D eigenvalue weighted by molar-refractivity contribution is 5.63. The van der Waals surface area contributed by atoms with Crippen molar-refractivity contribution < 1.29 is 0 Å². The lowest BCUT2D eigenvalue weighted by Gasteiger charge is -2.10. The van der Waals surface area contributed by atoms with E-state index in [1.165, 1.54) is 16.7 Å². The molecule has 1 atom stereocenters.